The summed E-state index contributed by atoms with van der Waals surface area (Å²) in [5, 5.41) is 4.51. The third kappa shape index (κ3) is 8.22. The van der Waals surface area contributed by atoms with Gasteiger partial charge in [0.1, 0.15) is 0 Å². The smallest absolute Gasteiger partial charge is 0.255 e. The topological polar surface area (TPSA) is 109 Å². The molecule has 0 radical (unpaired) electrons. The zero-order valence-electron chi connectivity index (χ0n) is 25.6. The summed E-state index contributed by atoms with van der Waals surface area (Å²) in [6.07, 6.45) is 8.57. The van der Waals surface area contributed by atoms with Crippen LogP contribution in [0.4, 0.5) is 17.1 Å². The molecule has 6 N–H and O–H groups in total. The first kappa shape index (κ1) is 32.7. The Hall–Kier alpha value is -3.56. The zero-order chi connectivity index (χ0) is 30.2. The maximum absolute atomic E-state index is 13.5. The van der Waals surface area contributed by atoms with Gasteiger partial charge in [0.15, 0.2) is 5.75 Å². The largest absolute Gasteiger partial charge is 0.492 e. The van der Waals surface area contributed by atoms with E-state index in [4.69, 9.17) is 16.3 Å². The van der Waals surface area contributed by atoms with Crippen molar-refractivity contribution in [2.24, 2.45) is 11.6 Å². The van der Waals surface area contributed by atoms with Crippen molar-refractivity contribution in [3.8, 4) is 5.75 Å². The van der Waals surface area contributed by atoms with E-state index in [1.165, 1.54) is 17.0 Å². The second-order valence-electron chi connectivity index (χ2n) is 10.8. The van der Waals surface area contributed by atoms with Crippen molar-refractivity contribution in [1.29, 1.82) is 0 Å². The van der Waals surface area contributed by atoms with Crippen molar-refractivity contribution < 1.29 is 9.53 Å². The summed E-state index contributed by atoms with van der Waals surface area (Å²) in [6.45, 7) is 12.4. The lowest BCUT2D eigenvalue weighted by Crippen LogP contribution is -2.28. The van der Waals surface area contributed by atoms with E-state index in [1.54, 1.807) is 25.4 Å². The number of ether oxygens (including phenoxy) is 1. The molecule has 0 bridgehead atoms. The Labute approximate surface area is 244 Å². The molecule has 218 valence electrons. The Morgan fingerprint density at radius 1 is 1.15 bits per heavy atom. The maximum Gasteiger partial charge on any atom is 0.255 e. The Kier molecular flexibility index (Phi) is 11.6. The van der Waals surface area contributed by atoms with Crippen LogP contribution in [0, 0.1) is 6.92 Å². The number of benzene rings is 2. The number of hydrogen-bond donors (Lipinski definition) is 4. The van der Waals surface area contributed by atoms with Crippen molar-refractivity contribution in [1.82, 2.24) is 4.90 Å². The Morgan fingerprint density at radius 2 is 1.80 bits per heavy atom. The van der Waals surface area contributed by atoms with Gasteiger partial charge in [-0.25, -0.2) is 5.84 Å². The molecule has 0 aromatic heterocycles. The van der Waals surface area contributed by atoms with Crippen LogP contribution in [0.3, 0.4) is 0 Å². The number of aryl methyl sites for hydroxylation is 1. The lowest BCUT2D eigenvalue weighted by Gasteiger charge is -2.24. The molecule has 2 aromatic carbocycles. The number of hydrogen-bond acceptors (Lipinski definition) is 8. The SMILES string of the molecule is CC/C=C/C(C(/N)=C/N(N)c1cc(C(=O)Nc2cc(C(C)(C)C)cc(NSC)c2OC)ccc1C)=C(/C)N(C)C. The fourth-order valence-electron chi connectivity index (χ4n) is 3.97. The third-order valence-electron chi connectivity index (χ3n) is 6.54. The number of nitrogens with one attached hydrogen (secondary N) is 2. The average molecular weight is 567 g/mol. The number of carbonyl (C=O) groups excluding carboxylic acids is 1. The normalized spacial score (nSPS) is 12.7. The summed E-state index contributed by atoms with van der Waals surface area (Å²) in [7, 11) is 5.54. The number of nitrogens with zero attached hydrogens (tertiary/aromatic N) is 2. The van der Waals surface area contributed by atoms with Crippen LogP contribution in [0.25, 0.3) is 0 Å². The van der Waals surface area contributed by atoms with Crippen LogP contribution >= 0.6 is 11.9 Å². The van der Waals surface area contributed by atoms with Crippen molar-refractivity contribution >= 4 is 34.9 Å². The number of carbonyl (C=O) groups is 1. The monoisotopic (exact) mass is 566 g/mol. The van der Waals surface area contributed by atoms with Gasteiger partial charge in [0.05, 0.1) is 29.9 Å². The maximum atomic E-state index is 13.5. The molecule has 40 heavy (non-hydrogen) atoms. The highest BCUT2D eigenvalue weighted by Crippen LogP contribution is 2.39. The number of rotatable bonds is 11. The van der Waals surface area contributed by atoms with E-state index < -0.39 is 0 Å². The number of anilines is 3. The standard InChI is InChI=1S/C31H46N6O2S/c1-11-12-13-24(21(3)36(7)8)25(32)19-37(33)28-16-22(15-14-20(28)2)30(38)34-26-17-23(31(4,5)6)18-27(35-40-10)29(26)39-9/h12-19,35H,11,32-33H2,1-10H3,(H,34,38)/b13-12+,24-21+,25-19-. The predicted molar refractivity (Wildman–Crippen MR) is 173 cm³/mol. The van der Waals surface area contributed by atoms with Gasteiger partial charge in [-0.05, 0) is 61.1 Å². The fraction of sp³-hybridized carbons (Fsp3) is 0.387. The predicted octanol–water partition coefficient (Wildman–Crippen LogP) is 6.53. The summed E-state index contributed by atoms with van der Waals surface area (Å²) in [6, 6.07) is 9.42. The second kappa shape index (κ2) is 14.2. The summed E-state index contributed by atoms with van der Waals surface area (Å²) in [4.78, 5) is 15.5. The first-order valence-corrected chi connectivity index (χ1v) is 14.5. The summed E-state index contributed by atoms with van der Waals surface area (Å²) in [5.74, 6) is 6.77. The molecule has 0 aliphatic heterocycles. The molecule has 0 atom stereocenters. The van der Waals surface area contributed by atoms with Gasteiger partial charge in [-0.15, -0.1) is 0 Å². The van der Waals surface area contributed by atoms with Gasteiger partial charge in [0.2, 0.25) is 0 Å². The van der Waals surface area contributed by atoms with Gasteiger partial charge in [-0.2, -0.15) is 0 Å². The van der Waals surface area contributed by atoms with Gasteiger partial charge in [-0.1, -0.05) is 57.9 Å². The van der Waals surface area contributed by atoms with Gasteiger partial charge >= 0.3 is 0 Å². The van der Waals surface area contributed by atoms with E-state index in [9.17, 15) is 4.79 Å². The minimum Gasteiger partial charge on any atom is -0.492 e. The molecule has 8 nitrogen and oxygen atoms in total. The quantitative estimate of drug-likeness (QED) is 0.105. The molecular formula is C31H46N6O2S. The van der Waals surface area contributed by atoms with Crippen LogP contribution in [0.5, 0.6) is 5.75 Å². The molecule has 0 saturated carbocycles. The van der Waals surface area contributed by atoms with Gasteiger partial charge < -0.3 is 25.4 Å². The Morgan fingerprint density at radius 3 is 2.35 bits per heavy atom. The van der Waals surface area contributed by atoms with Crippen LogP contribution in [0.2, 0.25) is 0 Å². The van der Waals surface area contributed by atoms with Crippen molar-refractivity contribution in [2.45, 2.75) is 53.4 Å². The minimum atomic E-state index is -0.277. The fourth-order valence-corrected chi connectivity index (χ4v) is 4.35. The van der Waals surface area contributed by atoms with Gasteiger partial charge in [0, 0.05) is 43.4 Å². The molecular weight excluding hydrogens is 520 g/mol. The lowest BCUT2D eigenvalue weighted by atomic mass is 9.86. The van der Waals surface area contributed by atoms with Crippen LogP contribution < -0.4 is 31.4 Å². The van der Waals surface area contributed by atoms with Crippen LogP contribution in [-0.2, 0) is 5.41 Å². The summed E-state index contributed by atoms with van der Waals surface area (Å²) >= 11 is 1.46. The van der Waals surface area contributed by atoms with E-state index >= 15 is 0 Å². The molecule has 0 aliphatic rings. The van der Waals surface area contributed by atoms with Gasteiger partial charge in [0.25, 0.3) is 5.91 Å². The van der Waals surface area contributed by atoms with Crippen molar-refractivity contribution in [3.05, 3.63) is 82.3 Å². The third-order valence-corrected chi connectivity index (χ3v) is 6.96. The zero-order valence-corrected chi connectivity index (χ0v) is 26.4. The number of allylic oxidation sites excluding steroid dienone is 3. The highest BCUT2D eigenvalue weighted by molar-refractivity contribution is 7.99. The molecule has 0 spiro atoms. The number of amides is 1. The summed E-state index contributed by atoms with van der Waals surface area (Å²) < 4.78 is 8.96. The molecule has 0 heterocycles. The van der Waals surface area contributed by atoms with E-state index in [-0.39, 0.29) is 11.3 Å². The second-order valence-corrected chi connectivity index (χ2v) is 11.4. The molecule has 0 saturated heterocycles. The van der Waals surface area contributed by atoms with E-state index in [2.05, 4.69) is 49.9 Å². The molecule has 0 unspecified atom stereocenters. The minimum absolute atomic E-state index is 0.130. The number of hydrazine groups is 1. The molecule has 0 aliphatic carbocycles. The van der Waals surface area contributed by atoms with Crippen LogP contribution in [0.15, 0.2) is 65.7 Å². The highest BCUT2D eigenvalue weighted by Gasteiger charge is 2.21. The Bertz CT molecular complexity index is 1290. The van der Waals surface area contributed by atoms with E-state index in [0.717, 1.165) is 34.5 Å². The van der Waals surface area contributed by atoms with Crippen LogP contribution in [0.1, 0.15) is 62.5 Å². The molecule has 1 amide bonds. The molecule has 9 heteroatoms. The van der Waals surface area contributed by atoms with Gasteiger partial charge in [-0.3, -0.25) is 9.80 Å². The van der Waals surface area contributed by atoms with Crippen molar-refractivity contribution in [3.63, 3.8) is 0 Å². The summed E-state index contributed by atoms with van der Waals surface area (Å²) in [5.41, 5.74) is 13.3. The molecule has 0 fully saturated rings. The molecule has 2 aromatic rings. The van der Waals surface area contributed by atoms with Crippen LogP contribution in [-0.4, -0.2) is 38.3 Å². The number of nitrogens with two attached hydrogens (primary N) is 2. The van der Waals surface area contributed by atoms with E-state index in [0.29, 0.717) is 28.4 Å². The molecule has 2 rings (SSSR count). The lowest BCUT2D eigenvalue weighted by molar-refractivity contribution is 0.102. The highest BCUT2D eigenvalue weighted by atomic mass is 32.2. The first-order chi connectivity index (χ1) is 18.7. The average Bonchev–Trinajstić information content (AvgIpc) is 2.88. The van der Waals surface area contributed by atoms with E-state index in [1.807, 2.05) is 57.3 Å². The number of methoxy groups -OCH3 is 1. The Balaban J connectivity index is 2.49. The van der Waals surface area contributed by atoms with Crippen molar-refractivity contribution in [2.75, 3.05) is 42.5 Å². The first-order valence-electron chi connectivity index (χ1n) is 13.2.